The smallest absolute Gasteiger partial charge is 0.318 e. The molecule has 1 aliphatic carbocycles. The molecule has 0 saturated carbocycles. The third kappa shape index (κ3) is 3.54. The van der Waals surface area contributed by atoms with E-state index < -0.39 is 0 Å². The molecule has 23 heavy (non-hydrogen) atoms. The first-order chi connectivity index (χ1) is 11.2. The monoisotopic (exact) mass is 331 g/mol. The number of aromatic nitrogens is 1. The van der Waals surface area contributed by atoms with E-state index in [1.165, 1.54) is 11.1 Å². The van der Waals surface area contributed by atoms with Crippen molar-refractivity contribution in [3.63, 3.8) is 0 Å². The Morgan fingerprint density at radius 1 is 1.48 bits per heavy atom. The van der Waals surface area contributed by atoms with Gasteiger partial charge in [-0.2, -0.15) is 0 Å². The molecule has 2 amide bonds. The van der Waals surface area contributed by atoms with Crippen molar-refractivity contribution in [2.24, 2.45) is 0 Å². The normalized spacial score (nSPS) is 16.2. The lowest BCUT2D eigenvalue weighted by atomic mass is 10.1. The van der Waals surface area contributed by atoms with Crippen molar-refractivity contribution in [3.05, 3.63) is 51.5 Å². The quantitative estimate of drug-likeness (QED) is 0.885. The zero-order valence-corrected chi connectivity index (χ0v) is 14.0. The fraction of sp³-hybridized carbons (Fsp3) is 0.412. The molecule has 0 bridgehead atoms. The van der Waals surface area contributed by atoms with Gasteiger partial charge in [-0.05, 0) is 30.9 Å². The minimum absolute atomic E-state index is 0.0383. The first-order valence-corrected chi connectivity index (χ1v) is 8.65. The highest BCUT2D eigenvalue weighted by Gasteiger charge is 2.30. The lowest BCUT2D eigenvalue weighted by Gasteiger charge is -2.29. The Kier molecular flexibility index (Phi) is 4.93. The minimum atomic E-state index is -0.145. The van der Waals surface area contributed by atoms with Crippen LogP contribution >= 0.6 is 11.3 Å². The third-order valence-corrected chi connectivity index (χ3v) is 5.05. The summed E-state index contributed by atoms with van der Waals surface area (Å²) in [4.78, 5) is 19.7. The van der Waals surface area contributed by atoms with E-state index >= 15 is 0 Å². The van der Waals surface area contributed by atoms with Crippen molar-refractivity contribution in [1.29, 1.82) is 0 Å². The number of fused-ring (bicyclic) bond motifs is 1. The highest BCUT2D eigenvalue weighted by Crippen LogP contribution is 2.35. The molecule has 2 aromatic rings. The van der Waals surface area contributed by atoms with E-state index in [4.69, 9.17) is 0 Å². The van der Waals surface area contributed by atoms with Gasteiger partial charge in [-0.15, -0.1) is 11.3 Å². The summed E-state index contributed by atoms with van der Waals surface area (Å²) in [6.45, 7) is 2.72. The van der Waals surface area contributed by atoms with E-state index in [1.807, 2.05) is 25.3 Å². The van der Waals surface area contributed by atoms with Crippen molar-refractivity contribution in [1.82, 2.24) is 15.2 Å². The molecule has 0 fully saturated rings. The largest absolute Gasteiger partial charge is 0.395 e. The number of carbonyl (C=O) groups excluding carboxylic acids is 1. The molecule has 1 unspecified atom stereocenters. The Bertz CT molecular complexity index is 686. The van der Waals surface area contributed by atoms with Crippen LogP contribution in [0.1, 0.15) is 33.5 Å². The van der Waals surface area contributed by atoms with Gasteiger partial charge in [0.1, 0.15) is 5.01 Å². The van der Waals surface area contributed by atoms with Crippen LogP contribution in [-0.2, 0) is 13.0 Å². The number of urea groups is 1. The zero-order chi connectivity index (χ0) is 16.2. The highest BCUT2D eigenvalue weighted by atomic mass is 32.1. The van der Waals surface area contributed by atoms with Gasteiger partial charge in [0.15, 0.2) is 0 Å². The molecule has 0 saturated heterocycles. The molecule has 1 aromatic carbocycles. The Labute approximate surface area is 140 Å². The lowest BCUT2D eigenvalue weighted by molar-refractivity contribution is 0.151. The molecule has 1 aliphatic rings. The maximum absolute atomic E-state index is 12.6. The lowest BCUT2D eigenvalue weighted by Crippen LogP contribution is -2.42. The number of benzene rings is 1. The van der Waals surface area contributed by atoms with Crippen molar-refractivity contribution >= 4 is 17.4 Å². The van der Waals surface area contributed by atoms with Crippen LogP contribution < -0.4 is 5.32 Å². The molecule has 1 heterocycles. The molecule has 5 nitrogen and oxygen atoms in total. The number of rotatable bonds is 5. The average molecular weight is 331 g/mol. The van der Waals surface area contributed by atoms with Gasteiger partial charge in [0.25, 0.3) is 0 Å². The van der Waals surface area contributed by atoms with Crippen LogP contribution in [0.15, 0.2) is 30.5 Å². The fourth-order valence-corrected chi connectivity index (χ4v) is 3.83. The summed E-state index contributed by atoms with van der Waals surface area (Å²) in [7, 11) is 0. The zero-order valence-electron chi connectivity index (χ0n) is 13.2. The van der Waals surface area contributed by atoms with E-state index in [1.54, 1.807) is 16.2 Å². The Morgan fingerprint density at radius 3 is 3.04 bits per heavy atom. The second-order valence-corrected chi connectivity index (χ2v) is 7.01. The number of carbonyl (C=O) groups is 1. The van der Waals surface area contributed by atoms with E-state index in [2.05, 4.69) is 22.4 Å². The maximum Gasteiger partial charge on any atom is 0.318 e. The molecule has 0 spiro atoms. The number of nitrogens with one attached hydrogen (secondary N) is 1. The molecule has 6 heteroatoms. The van der Waals surface area contributed by atoms with E-state index in [0.717, 1.165) is 22.7 Å². The summed E-state index contributed by atoms with van der Waals surface area (Å²) in [5.74, 6) is 0. The molecular weight excluding hydrogens is 310 g/mol. The van der Waals surface area contributed by atoms with Gasteiger partial charge in [0.2, 0.25) is 0 Å². The number of hydrogen-bond donors (Lipinski definition) is 2. The molecule has 0 aliphatic heterocycles. The summed E-state index contributed by atoms with van der Waals surface area (Å²) < 4.78 is 0. The second kappa shape index (κ2) is 7.10. The maximum atomic E-state index is 12.6. The molecule has 1 aromatic heterocycles. The summed E-state index contributed by atoms with van der Waals surface area (Å²) in [5, 5.41) is 13.2. The SMILES string of the molecule is Cc1cnc(CNC(=O)N(CCO)C2CCc3ccccc32)s1. The molecule has 0 radical (unpaired) electrons. The van der Waals surface area contributed by atoms with E-state index in [-0.39, 0.29) is 18.7 Å². The van der Waals surface area contributed by atoms with E-state index in [0.29, 0.717) is 13.1 Å². The number of thiazole rings is 1. The third-order valence-electron chi connectivity index (χ3n) is 4.14. The second-order valence-electron chi connectivity index (χ2n) is 5.69. The number of aryl methyl sites for hydroxylation is 2. The van der Waals surface area contributed by atoms with Crippen LogP contribution in [-0.4, -0.2) is 34.2 Å². The standard InChI is InChI=1S/C17H21N3O2S/c1-12-10-18-16(23-12)11-19-17(22)20(8-9-21)15-7-6-13-4-2-3-5-14(13)15/h2-5,10,15,21H,6-9,11H2,1H3,(H,19,22). The number of nitrogens with zero attached hydrogens (tertiary/aromatic N) is 2. The average Bonchev–Trinajstić information content (AvgIpc) is 3.16. The van der Waals surface area contributed by atoms with Gasteiger partial charge in [-0.1, -0.05) is 24.3 Å². The topological polar surface area (TPSA) is 65.5 Å². The Hall–Kier alpha value is -1.92. The van der Waals surface area contributed by atoms with Crippen LogP contribution in [0.25, 0.3) is 0 Å². The number of hydrogen-bond acceptors (Lipinski definition) is 4. The first kappa shape index (κ1) is 16.0. The van der Waals surface area contributed by atoms with Crippen molar-refractivity contribution in [2.45, 2.75) is 32.4 Å². The highest BCUT2D eigenvalue weighted by molar-refractivity contribution is 7.11. The van der Waals surface area contributed by atoms with Crippen LogP contribution in [0, 0.1) is 6.92 Å². The van der Waals surface area contributed by atoms with Crippen molar-refractivity contribution < 1.29 is 9.90 Å². The van der Waals surface area contributed by atoms with Crippen molar-refractivity contribution in [2.75, 3.05) is 13.2 Å². The summed E-state index contributed by atoms with van der Waals surface area (Å²) in [6, 6.07) is 8.12. The predicted octanol–water partition coefficient (Wildman–Crippen LogP) is 2.64. The van der Waals surface area contributed by atoms with Gasteiger partial charge in [0.05, 0.1) is 19.2 Å². The minimum Gasteiger partial charge on any atom is -0.395 e. The molecule has 3 rings (SSSR count). The number of aliphatic hydroxyl groups excluding tert-OH is 1. The summed E-state index contributed by atoms with van der Waals surface area (Å²) >= 11 is 1.58. The van der Waals surface area contributed by atoms with Gasteiger partial charge in [-0.3, -0.25) is 0 Å². The van der Waals surface area contributed by atoms with Gasteiger partial charge < -0.3 is 15.3 Å². The van der Waals surface area contributed by atoms with E-state index in [9.17, 15) is 9.90 Å². The van der Waals surface area contributed by atoms with Crippen LogP contribution in [0.4, 0.5) is 4.79 Å². The number of amides is 2. The predicted molar refractivity (Wildman–Crippen MR) is 90.4 cm³/mol. The van der Waals surface area contributed by atoms with Gasteiger partial charge in [-0.25, -0.2) is 9.78 Å². The van der Waals surface area contributed by atoms with Crippen molar-refractivity contribution in [3.8, 4) is 0 Å². The van der Waals surface area contributed by atoms with Crippen LogP contribution in [0.3, 0.4) is 0 Å². The van der Waals surface area contributed by atoms with Crippen LogP contribution in [0.5, 0.6) is 0 Å². The van der Waals surface area contributed by atoms with Gasteiger partial charge in [0, 0.05) is 17.6 Å². The fourth-order valence-electron chi connectivity index (χ4n) is 3.10. The molecule has 1 atom stereocenters. The molecule has 122 valence electrons. The Balaban J connectivity index is 1.70. The Morgan fingerprint density at radius 2 is 2.30 bits per heavy atom. The summed E-state index contributed by atoms with van der Waals surface area (Å²) in [6.07, 6.45) is 3.69. The number of aliphatic hydroxyl groups is 1. The molecule has 2 N–H and O–H groups in total. The summed E-state index contributed by atoms with van der Waals surface area (Å²) in [5.41, 5.74) is 2.49. The van der Waals surface area contributed by atoms with Crippen LogP contribution in [0.2, 0.25) is 0 Å². The molecular formula is C17H21N3O2S. The first-order valence-electron chi connectivity index (χ1n) is 7.83. The van der Waals surface area contributed by atoms with Gasteiger partial charge >= 0.3 is 6.03 Å².